The SMILES string of the molecule is Clc1cc2[nH]c(-c3csc(Br)c3)nc2nc1Cl. The molecule has 0 amide bonds. The van der Waals surface area contributed by atoms with Crippen molar-refractivity contribution < 1.29 is 0 Å². The van der Waals surface area contributed by atoms with Crippen LogP contribution in [0.15, 0.2) is 21.3 Å². The lowest BCUT2D eigenvalue weighted by molar-refractivity contribution is 1.31. The molecule has 7 heteroatoms. The summed E-state index contributed by atoms with van der Waals surface area (Å²) in [6, 6.07) is 3.72. The van der Waals surface area contributed by atoms with E-state index in [1.54, 1.807) is 17.4 Å². The van der Waals surface area contributed by atoms with Gasteiger partial charge < -0.3 is 4.98 Å². The Labute approximate surface area is 119 Å². The molecule has 0 aliphatic heterocycles. The predicted molar refractivity (Wildman–Crippen MR) is 74.9 cm³/mol. The Morgan fingerprint density at radius 1 is 1.24 bits per heavy atom. The first kappa shape index (κ1) is 11.5. The summed E-state index contributed by atoms with van der Waals surface area (Å²) >= 11 is 16.8. The molecule has 0 aliphatic rings. The smallest absolute Gasteiger partial charge is 0.179 e. The molecule has 3 aromatic rings. The van der Waals surface area contributed by atoms with Crippen LogP contribution in [0.5, 0.6) is 0 Å². The zero-order chi connectivity index (χ0) is 12.0. The molecular formula is C10H4BrCl2N3S. The second kappa shape index (κ2) is 4.24. The predicted octanol–water partition coefficient (Wildman–Crippen LogP) is 4.76. The molecule has 3 aromatic heterocycles. The summed E-state index contributed by atoms with van der Waals surface area (Å²) < 4.78 is 1.05. The molecule has 0 radical (unpaired) electrons. The average molecular weight is 349 g/mol. The van der Waals surface area contributed by atoms with Crippen LogP contribution in [-0.2, 0) is 0 Å². The topological polar surface area (TPSA) is 41.6 Å². The minimum atomic E-state index is 0.267. The van der Waals surface area contributed by atoms with Crippen LogP contribution in [0.2, 0.25) is 10.2 Å². The van der Waals surface area contributed by atoms with Crippen LogP contribution < -0.4 is 0 Å². The number of halogens is 3. The van der Waals surface area contributed by atoms with Gasteiger partial charge >= 0.3 is 0 Å². The van der Waals surface area contributed by atoms with Crippen LogP contribution in [0.25, 0.3) is 22.6 Å². The van der Waals surface area contributed by atoms with Crippen molar-refractivity contribution in [2.75, 3.05) is 0 Å². The second-order valence-corrected chi connectivity index (χ2v) is 6.41. The van der Waals surface area contributed by atoms with Gasteiger partial charge in [0.15, 0.2) is 5.65 Å². The van der Waals surface area contributed by atoms with Crippen molar-refractivity contribution in [3.63, 3.8) is 0 Å². The quantitative estimate of drug-likeness (QED) is 0.644. The number of H-pyrrole nitrogens is 1. The molecule has 17 heavy (non-hydrogen) atoms. The normalized spacial score (nSPS) is 11.2. The third kappa shape index (κ3) is 2.08. The van der Waals surface area contributed by atoms with Gasteiger partial charge in [-0.2, -0.15) is 0 Å². The fourth-order valence-corrected chi connectivity index (χ4v) is 2.89. The van der Waals surface area contributed by atoms with E-state index in [2.05, 4.69) is 30.9 Å². The van der Waals surface area contributed by atoms with Gasteiger partial charge in [-0.05, 0) is 28.1 Å². The van der Waals surface area contributed by atoms with Gasteiger partial charge in [0.1, 0.15) is 11.0 Å². The Morgan fingerprint density at radius 3 is 2.76 bits per heavy atom. The molecule has 0 aliphatic carbocycles. The molecule has 0 bridgehead atoms. The van der Waals surface area contributed by atoms with Gasteiger partial charge in [0.25, 0.3) is 0 Å². The first-order valence-electron chi connectivity index (χ1n) is 4.59. The fourth-order valence-electron chi connectivity index (χ4n) is 1.47. The van der Waals surface area contributed by atoms with E-state index in [0.717, 1.165) is 20.7 Å². The lowest BCUT2D eigenvalue weighted by Gasteiger charge is -1.92. The van der Waals surface area contributed by atoms with E-state index in [-0.39, 0.29) is 5.15 Å². The van der Waals surface area contributed by atoms with Crippen LogP contribution in [-0.4, -0.2) is 15.0 Å². The maximum absolute atomic E-state index is 5.90. The Kier molecular flexibility index (Phi) is 2.86. The highest BCUT2D eigenvalue weighted by molar-refractivity contribution is 9.11. The molecule has 3 nitrogen and oxygen atoms in total. The summed E-state index contributed by atoms with van der Waals surface area (Å²) in [7, 11) is 0. The van der Waals surface area contributed by atoms with E-state index in [4.69, 9.17) is 23.2 Å². The first-order chi connectivity index (χ1) is 8.13. The van der Waals surface area contributed by atoms with E-state index in [0.29, 0.717) is 10.7 Å². The highest BCUT2D eigenvalue weighted by Crippen LogP contribution is 2.30. The molecule has 0 atom stereocenters. The molecule has 0 unspecified atom stereocenters. The Balaban J connectivity index is 2.19. The number of hydrogen-bond acceptors (Lipinski definition) is 3. The number of aromatic amines is 1. The highest BCUT2D eigenvalue weighted by Gasteiger charge is 2.10. The van der Waals surface area contributed by atoms with Crippen LogP contribution >= 0.6 is 50.5 Å². The van der Waals surface area contributed by atoms with E-state index in [9.17, 15) is 0 Å². The van der Waals surface area contributed by atoms with Crippen molar-refractivity contribution in [2.45, 2.75) is 0 Å². The van der Waals surface area contributed by atoms with E-state index in [1.165, 1.54) is 0 Å². The summed E-state index contributed by atoms with van der Waals surface area (Å²) in [5.41, 5.74) is 2.35. The van der Waals surface area contributed by atoms with E-state index >= 15 is 0 Å². The maximum atomic E-state index is 5.90. The minimum Gasteiger partial charge on any atom is -0.337 e. The van der Waals surface area contributed by atoms with Gasteiger partial charge in [0, 0.05) is 10.9 Å². The summed E-state index contributed by atoms with van der Waals surface area (Å²) in [4.78, 5) is 11.6. The number of imidazole rings is 1. The van der Waals surface area contributed by atoms with E-state index in [1.807, 2.05) is 11.4 Å². The first-order valence-corrected chi connectivity index (χ1v) is 7.02. The van der Waals surface area contributed by atoms with Gasteiger partial charge in [-0.15, -0.1) is 11.3 Å². The number of rotatable bonds is 1. The fraction of sp³-hybridized carbons (Fsp3) is 0. The third-order valence-corrected chi connectivity index (χ3v) is 4.40. The lowest BCUT2D eigenvalue weighted by Crippen LogP contribution is -1.79. The molecule has 0 aromatic carbocycles. The summed E-state index contributed by atoms with van der Waals surface area (Å²) in [6.45, 7) is 0. The van der Waals surface area contributed by atoms with Crippen molar-refractivity contribution in [2.24, 2.45) is 0 Å². The second-order valence-electron chi connectivity index (χ2n) is 3.36. The molecule has 1 N–H and O–H groups in total. The summed E-state index contributed by atoms with van der Waals surface area (Å²) in [6.07, 6.45) is 0. The molecule has 3 rings (SSSR count). The lowest BCUT2D eigenvalue weighted by atomic mass is 10.3. The summed E-state index contributed by atoms with van der Waals surface area (Å²) in [5, 5.41) is 2.69. The monoisotopic (exact) mass is 347 g/mol. The zero-order valence-corrected chi connectivity index (χ0v) is 12.1. The molecule has 0 saturated heterocycles. The summed E-state index contributed by atoms with van der Waals surface area (Å²) in [5.74, 6) is 0.757. The largest absolute Gasteiger partial charge is 0.337 e. The zero-order valence-electron chi connectivity index (χ0n) is 8.17. The van der Waals surface area contributed by atoms with Crippen molar-refractivity contribution >= 4 is 61.6 Å². The number of pyridine rings is 1. The number of nitrogens with zero attached hydrogens (tertiary/aromatic N) is 2. The molecule has 0 saturated carbocycles. The molecular weight excluding hydrogens is 345 g/mol. The highest BCUT2D eigenvalue weighted by atomic mass is 79.9. The third-order valence-electron chi connectivity index (χ3n) is 2.22. The number of hydrogen-bond donors (Lipinski definition) is 1. The van der Waals surface area contributed by atoms with Crippen LogP contribution in [0.1, 0.15) is 0 Å². The molecule has 3 heterocycles. The number of aromatic nitrogens is 3. The van der Waals surface area contributed by atoms with Crippen molar-refractivity contribution in [3.05, 3.63) is 31.5 Å². The average Bonchev–Trinajstić information content (AvgIpc) is 2.85. The number of nitrogens with one attached hydrogen (secondary N) is 1. The van der Waals surface area contributed by atoms with Crippen LogP contribution in [0.4, 0.5) is 0 Å². The van der Waals surface area contributed by atoms with Crippen LogP contribution in [0.3, 0.4) is 0 Å². The van der Waals surface area contributed by atoms with Gasteiger partial charge in [-0.25, -0.2) is 9.97 Å². The van der Waals surface area contributed by atoms with Crippen LogP contribution in [0, 0.1) is 0 Å². The Morgan fingerprint density at radius 2 is 2.06 bits per heavy atom. The van der Waals surface area contributed by atoms with Gasteiger partial charge in [0.2, 0.25) is 0 Å². The maximum Gasteiger partial charge on any atom is 0.179 e. The van der Waals surface area contributed by atoms with Gasteiger partial charge in [-0.1, -0.05) is 23.2 Å². The minimum absolute atomic E-state index is 0.267. The van der Waals surface area contributed by atoms with Crippen molar-refractivity contribution in [1.82, 2.24) is 15.0 Å². The Hall–Kier alpha value is -0.620. The number of fused-ring (bicyclic) bond motifs is 1. The van der Waals surface area contributed by atoms with Crippen molar-refractivity contribution in [3.8, 4) is 11.4 Å². The Bertz CT molecular complexity index is 668. The van der Waals surface area contributed by atoms with Gasteiger partial charge in [-0.3, -0.25) is 0 Å². The molecule has 0 spiro atoms. The van der Waals surface area contributed by atoms with Crippen molar-refractivity contribution in [1.29, 1.82) is 0 Å². The molecule has 86 valence electrons. The molecule has 0 fully saturated rings. The van der Waals surface area contributed by atoms with Gasteiger partial charge in [0.05, 0.1) is 14.3 Å². The van der Waals surface area contributed by atoms with E-state index < -0.39 is 0 Å². The number of thiophene rings is 1. The standard InChI is InChI=1S/C10H4BrCl2N3S/c11-7-1-4(3-17-7)9-14-6-2-5(12)8(13)15-10(6)16-9/h1-3H,(H,14,15,16).